The maximum absolute atomic E-state index is 13.4. The van der Waals surface area contributed by atoms with Crippen LogP contribution in [-0.4, -0.2) is 57.2 Å². The Balaban J connectivity index is 0.00000363. The minimum atomic E-state index is 0. The summed E-state index contributed by atoms with van der Waals surface area (Å²) < 4.78 is 11.9. The monoisotopic (exact) mass is 477 g/mol. The van der Waals surface area contributed by atoms with E-state index in [-0.39, 0.29) is 18.3 Å². The molecule has 0 aliphatic heterocycles. The summed E-state index contributed by atoms with van der Waals surface area (Å²) in [6, 6.07) is 9.91. The normalized spacial score (nSPS) is 10.8. The van der Waals surface area contributed by atoms with Gasteiger partial charge < -0.3 is 14.4 Å². The van der Waals surface area contributed by atoms with Crippen LogP contribution in [0.2, 0.25) is 0 Å². The van der Waals surface area contributed by atoms with Crippen LogP contribution in [-0.2, 0) is 11.2 Å². The van der Waals surface area contributed by atoms with E-state index in [1.807, 2.05) is 37.2 Å². The van der Waals surface area contributed by atoms with Gasteiger partial charge in [0.2, 0.25) is 5.91 Å². The van der Waals surface area contributed by atoms with Gasteiger partial charge in [0.25, 0.3) is 0 Å². The molecular weight excluding hydrogens is 446 g/mol. The van der Waals surface area contributed by atoms with Crippen molar-refractivity contribution >= 4 is 45.0 Å². The Morgan fingerprint density at radius 3 is 2.31 bits per heavy atom. The quantitative estimate of drug-likeness (QED) is 0.439. The van der Waals surface area contributed by atoms with Crippen LogP contribution >= 0.6 is 23.7 Å². The van der Waals surface area contributed by atoms with Gasteiger partial charge in [-0.1, -0.05) is 29.5 Å². The van der Waals surface area contributed by atoms with Gasteiger partial charge in [-0.2, -0.15) is 0 Å². The first-order valence-electron chi connectivity index (χ1n) is 10.4. The first-order chi connectivity index (χ1) is 14.8. The second-order valence-electron chi connectivity index (χ2n) is 7.94. The van der Waals surface area contributed by atoms with Crippen molar-refractivity contribution in [1.82, 2.24) is 9.88 Å². The number of carbonyl (C=O) groups excluding carboxylic acids is 1. The van der Waals surface area contributed by atoms with Gasteiger partial charge >= 0.3 is 0 Å². The Morgan fingerprint density at radius 1 is 1.00 bits per heavy atom. The summed E-state index contributed by atoms with van der Waals surface area (Å²) in [6.07, 6.45) is 1.20. The summed E-state index contributed by atoms with van der Waals surface area (Å²) in [6.45, 7) is 5.65. The fraction of sp³-hybridized carbons (Fsp3) is 0.417. The molecule has 0 saturated heterocycles. The highest BCUT2D eigenvalue weighted by molar-refractivity contribution is 7.22. The third-order valence-electron chi connectivity index (χ3n) is 5.34. The van der Waals surface area contributed by atoms with E-state index in [9.17, 15) is 4.79 Å². The van der Waals surface area contributed by atoms with Gasteiger partial charge in [-0.05, 0) is 69.7 Å². The maximum Gasteiger partial charge on any atom is 0.233 e. The molecule has 3 rings (SSSR count). The second-order valence-corrected chi connectivity index (χ2v) is 8.92. The van der Waals surface area contributed by atoms with E-state index in [1.165, 1.54) is 22.5 Å². The molecule has 1 heterocycles. The van der Waals surface area contributed by atoms with E-state index in [1.54, 1.807) is 14.2 Å². The van der Waals surface area contributed by atoms with Crippen molar-refractivity contribution in [2.45, 2.75) is 26.7 Å². The molecule has 174 valence electrons. The second kappa shape index (κ2) is 11.5. The van der Waals surface area contributed by atoms with Crippen LogP contribution in [0.15, 0.2) is 30.3 Å². The summed E-state index contributed by atoms with van der Waals surface area (Å²) >= 11 is 1.46. The smallest absolute Gasteiger partial charge is 0.233 e. The number of halogens is 1. The topological polar surface area (TPSA) is 54.9 Å². The SMILES string of the molecule is COc1ccc(OC)c2sc(N(CCCN(C)C)C(=O)Cc3ccc(C)c(C)c3)nc12.Cl. The Hall–Kier alpha value is -2.35. The molecule has 0 radical (unpaired) electrons. The lowest BCUT2D eigenvalue weighted by Gasteiger charge is -2.21. The molecule has 0 saturated carbocycles. The molecule has 0 unspecified atom stereocenters. The van der Waals surface area contributed by atoms with E-state index in [2.05, 4.69) is 30.9 Å². The molecule has 0 bridgehead atoms. The van der Waals surface area contributed by atoms with Crippen molar-refractivity contribution in [2.75, 3.05) is 46.3 Å². The zero-order valence-corrected chi connectivity index (χ0v) is 21.2. The molecule has 0 fully saturated rings. The summed E-state index contributed by atoms with van der Waals surface area (Å²) in [7, 11) is 7.34. The third kappa shape index (κ3) is 5.91. The van der Waals surface area contributed by atoms with Crippen LogP contribution in [0, 0.1) is 13.8 Å². The van der Waals surface area contributed by atoms with Crippen LogP contribution in [0.25, 0.3) is 10.2 Å². The largest absolute Gasteiger partial charge is 0.495 e. The van der Waals surface area contributed by atoms with Crippen molar-refractivity contribution in [2.24, 2.45) is 0 Å². The molecule has 1 aromatic heterocycles. The lowest BCUT2D eigenvalue weighted by Crippen LogP contribution is -2.34. The van der Waals surface area contributed by atoms with E-state index < -0.39 is 0 Å². The van der Waals surface area contributed by atoms with Crippen molar-refractivity contribution in [3.8, 4) is 11.5 Å². The zero-order chi connectivity index (χ0) is 22.5. The van der Waals surface area contributed by atoms with Gasteiger partial charge in [0.05, 0.1) is 20.6 Å². The number of fused-ring (bicyclic) bond motifs is 1. The highest BCUT2D eigenvalue weighted by Gasteiger charge is 2.22. The first kappa shape index (κ1) is 25.9. The number of rotatable bonds is 9. The molecule has 1 amide bonds. The predicted octanol–water partition coefficient (Wildman–Crippen LogP) is 4.88. The molecule has 6 nitrogen and oxygen atoms in total. The highest BCUT2D eigenvalue weighted by atomic mass is 35.5. The number of aromatic nitrogens is 1. The molecular formula is C24H32ClN3O3S. The standard InChI is InChI=1S/C24H31N3O3S.ClH/c1-16-8-9-18(14-17(16)2)15-21(28)27(13-7-12-26(3)4)24-25-22-19(29-5)10-11-20(30-6)23(22)31-24;/h8-11,14H,7,12-13,15H2,1-6H3;1H. The van der Waals surface area contributed by atoms with E-state index in [0.717, 1.165) is 34.5 Å². The molecule has 0 aliphatic carbocycles. The Kier molecular flexibility index (Phi) is 9.31. The summed E-state index contributed by atoms with van der Waals surface area (Å²) in [5.74, 6) is 1.45. The Bertz CT molecular complexity index is 1030. The van der Waals surface area contributed by atoms with Crippen LogP contribution in [0.1, 0.15) is 23.1 Å². The van der Waals surface area contributed by atoms with Crippen molar-refractivity contribution in [3.63, 3.8) is 0 Å². The van der Waals surface area contributed by atoms with Gasteiger partial charge in [0.15, 0.2) is 5.13 Å². The van der Waals surface area contributed by atoms with Crippen molar-refractivity contribution in [1.29, 1.82) is 0 Å². The molecule has 2 aromatic carbocycles. The Morgan fingerprint density at radius 2 is 1.69 bits per heavy atom. The van der Waals surface area contributed by atoms with E-state index in [0.29, 0.717) is 23.8 Å². The number of nitrogens with zero attached hydrogens (tertiary/aromatic N) is 3. The number of methoxy groups -OCH3 is 2. The van der Waals surface area contributed by atoms with E-state index in [4.69, 9.17) is 14.5 Å². The fourth-order valence-corrected chi connectivity index (χ4v) is 4.56. The van der Waals surface area contributed by atoms with Crippen LogP contribution in [0.5, 0.6) is 11.5 Å². The lowest BCUT2D eigenvalue weighted by atomic mass is 10.0. The van der Waals surface area contributed by atoms with Gasteiger partial charge in [0, 0.05) is 6.54 Å². The minimum Gasteiger partial charge on any atom is -0.495 e. The molecule has 0 atom stereocenters. The number of ether oxygens (including phenoxy) is 2. The number of thiazole rings is 1. The van der Waals surface area contributed by atoms with E-state index >= 15 is 0 Å². The summed E-state index contributed by atoms with van der Waals surface area (Å²) in [4.78, 5) is 22.1. The third-order valence-corrected chi connectivity index (χ3v) is 6.44. The van der Waals surface area contributed by atoms with Gasteiger partial charge in [0.1, 0.15) is 21.7 Å². The first-order valence-corrected chi connectivity index (χ1v) is 11.2. The summed E-state index contributed by atoms with van der Waals surface area (Å²) in [5, 5.41) is 0.672. The van der Waals surface area contributed by atoms with Gasteiger partial charge in [-0.25, -0.2) is 4.98 Å². The molecule has 0 spiro atoms. The molecule has 0 aliphatic rings. The highest BCUT2D eigenvalue weighted by Crippen LogP contribution is 2.40. The predicted molar refractivity (Wildman–Crippen MR) is 135 cm³/mol. The van der Waals surface area contributed by atoms with Crippen LogP contribution < -0.4 is 14.4 Å². The number of hydrogen-bond donors (Lipinski definition) is 0. The number of hydrogen-bond acceptors (Lipinski definition) is 6. The number of amides is 1. The van der Waals surface area contributed by atoms with Crippen LogP contribution in [0.3, 0.4) is 0 Å². The number of anilines is 1. The zero-order valence-electron chi connectivity index (χ0n) is 19.6. The molecule has 3 aromatic rings. The minimum absolute atomic E-state index is 0. The average Bonchev–Trinajstić information content (AvgIpc) is 3.17. The van der Waals surface area contributed by atoms with Crippen molar-refractivity contribution < 1.29 is 14.3 Å². The number of aryl methyl sites for hydroxylation is 2. The molecule has 8 heteroatoms. The lowest BCUT2D eigenvalue weighted by molar-refractivity contribution is -0.118. The number of carbonyl (C=O) groups is 1. The maximum atomic E-state index is 13.4. The van der Waals surface area contributed by atoms with Gasteiger partial charge in [-0.3, -0.25) is 9.69 Å². The van der Waals surface area contributed by atoms with Gasteiger partial charge in [-0.15, -0.1) is 12.4 Å². The fourth-order valence-electron chi connectivity index (χ4n) is 3.45. The summed E-state index contributed by atoms with van der Waals surface area (Å²) in [5.41, 5.74) is 4.16. The van der Waals surface area contributed by atoms with Crippen LogP contribution in [0.4, 0.5) is 5.13 Å². The molecule has 0 N–H and O–H groups in total. The van der Waals surface area contributed by atoms with Crippen molar-refractivity contribution in [3.05, 3.63) is 47.0 Å². The average molecular weight is 478 g/mol. The number of benzene rings is 2. The Labute approximate surface area is 200 Å². The molecule has 32 heavy (non-hydrogen) atoms.